The van der Waals surface area contributed by atoms with Crippen molar-refractivity contribution in [3.05, 3.63) is 54.2 Å². The standard InChI is InChI=1S/C72H116N22O19S2/c1-42(2)28-52(69(108)87-50(64(74)103)16-27-114-9)88-70(109)54(30-47-32-75-40-81-47)85-59(99)34-80-72(111)63(43(3)4)91-65(104)44(5)83-68(107)53(29-46-31-78-49-13-11-10-12-48(46)49)89-67(106)51(14-15-57(73)97)84-62(102)38-113-26-25-112-24-18-77-60(100)36-94-22-20-93(21-23-94)19-17-76-58(98)33-79-66(105)56(39-115-41-82-45(6)96)90-71(110)55(37-95)86-61(101)35-92(7)8/h10-13,31-32,40,42-44,50-56,63,78,95H,14-30,33-39,41H2,1-9H3,(H2,73,97)(H2,74,103)(H,75,81)(H,76,98)(H,77,100)(H,79,105)(H,80,111)(H,82,96)(H,83,107)(H,84,102)(H,85,99)(H,86,101)(H,87,108)(H,88,109)(H,89,106)(H,90,110)(H,91,104)/t44-,50-,51-,52-,53-,54-,55-,56-,63-/m0/s1. The molecule has 3 aromatic rings. The van der Waals surface area contributed by atoms with Crippen LogP contribution < -0.4 is 85.9 Å². The molecule has 1 aliphatic heterocycles. The number of fused-ring (bicyclic) bond motifs is 1. The van der Waals surface area contributed by atoms with Crippen LogP contribution in [-0.4, -0.2) is 326 Å². The van der Waals surface area contributed by atoms with Gasteiger partial charge in [0.2, 0.25) is 94.5 Å². The quantitative estimate of drug-likeness (QED) is 0.0184. The topological polar surface area (TPSA) is 586 Å². The van der Waals surface area contributed by atoms with Crippen LogP contribution in [0.4, 0.5) is 0 Å². The van der Waals surface area contributed by atoms with E-state index in [2.05, 4.69) is 94.3 Å². The molecule has 2 aromatic heterocycles. The maximum Gasteiger partial charge on any atom is 0.246 e. The number of carbonyl (C=O) groups excluding carboxylic acids is 16. The molecule has 21 N–H and O–H groups in total. The van der Waals surface area contributed by atoms with Crippen molar-refractivity contribution in [3.63, 3.8) is 0 Å². The molecular weight excluding hydrogens is 1540 g/mol. The average molecular weight is 1660 g/mol. The van der Waals surface area contributed by atoms with Crippen LogP contribution in [0.2, 0.25) is 0 Å². The summed E-state index contributed by atoms with van der Waals surface area (Å²) >= 11 is 2.58. The highest BCUT2D eigenvalue weighted by atomic mass is 32.2. The minimum absolute atomic E-state index is 0.00978. The molecule has 3 heterocycles. The zero-order valence-electron chi connectivity index (χ0n) is 66.6. The van der Waals surface area contributed by atoms with Crippen molar-refractivity contribution in [1.82, 2.24) is 104 Å². The van der Waals surface area contributed by atoms with Crippen molar-refractivity contribution in [1.29, 1.82) is 0 Å². The first-order valence-corrected chi connectivity index (χ1v) is 40.3. The Balaban J connectivity index is 1.23. The van der Waals surface area contributed by atoms with Gasteiger partial charge in [-0.25, -0.2) is 4.98 Å². The molecule has 0 spiro atoms. The lowest BCUT2D eigenvalue weighted by atomic mass is 10.0. The summed E-state index contributed by atoms with van der Waals surface area (Å²) in [5, 5.41) is 46.8. The minimum atomic E-state index is -1.43. The lowest BCUT2D eigenvalue weighted by molar-refractivity contribution is -0.135. The summed E-state index contributed by atoms with van der Waals surface area (Å²) < 4.78 is 11.1. The minimum Gasteiger partial charge on any atom is -0.394 e. The van der Waals surface area contributed by atoms with Gasteiger partial charge in [-0.1, -0.05) is 45.9 Å². The van der Waals surface area contributed by atoms with E-state index in [4.69, 9.17) is 20.9 Å². The number of imidazole rings is 1. The number of hydrogen-bond acceptors (Lipinski definition) is 25. The maximum atomic E-state index is 14.4. The predicted molar refractivity (Wildman–Crippen MR) is 426 cm³/mol. The van der Waals surface area contributed by atoms with Gasteiger partial charge in [-0.2, -0.15) is 11.8 Å². The van der Waals surface area contributed by atoms with Gasteiger partial charge >= 0.3 is 0 Å². The van der Waals surface area contributed by atoms with Gasteiger partial charge in [-0.05, 0) is 75.8 Å². The first-order valence-electron chi connectivity index (χ1n) is 37.7. The van der Waals surface area contributed by atoms with Crippen molar-refractivity contribution in [2.75, 3.05) is 143 Å². The number of nitrogens with zero attached hydrogens (tertiary/aromatic N) is 4. The van der Waals surface area contributed by atoms with Crippen LogP contribution in [0.15, 0.2) is 43.0 Å². The molecule has 1 saturated heterocycles. The monoisotopic (exact) mass is 1660 g/mol. The molecule has 1 fully saturated rings. The van der Waals surface area contributed by atoms with E-state index in [0.29, 0.717) is 60.6 Å². The molecule has 640 valence electrons. The van der Waals surface area contributed by atoms with Gasteiger partial charge in [0.05, 0.1) is 64.8 Å². The molecule has 0 aliphatic carbocycles. The lowest BCUT2D eigenvalue weighted by Crippen LogP contribution is -2.59. The molecule has 43 heteroatoms. The third kappa shape index (κ3) is 38.3. The summed E-state index contributed by atoms with van der Waals surface area (Å²) in [6.07, 6.45) is 5.79. The fourth-order valence-corrected chi connectivity index (χ4v) is 12.8. The van der Waals surface area contributed by atoms with Crippen molar-refractivity contribution < 1.29 is 91.3 Å². The van der Waals surface area contributed by atoms with Crippen molar-refractivity contribution in [2.45, 2.75) is 134 Å². The van der Waals surface area contributed by atoms with E-state index in [1.165, 1.54) is 38.1 Å². The molecular formula is C72H116N22O19S2. The second-order valence-electron chi connectivity index (χ2n) is 28.3. The Hall–Kier alpha value is -10.0. The second-order valence-corrected chi connectivity index (χ2v) is 30.3. The summed E-state index contributed by atoms with van der Waals surface area (Å²) in [6, 6.07) is -4.32. The Bertz CT molecular complexity index is 3690. The second kappa shape index (κ2) is 52.4. The number of aliphatic hydroxyl groups excluding tert-OH is 1. The van der Waals surface area contributed by atoms with Crippen LogP contribution in [-0.2, 0) is 99.0 Å². The molecule has 4 rings (SSSR count). The summed E-state index contributed by atoms with van der Waals surface area (Å²) in [5.41, 5.74) is 12.8. The van der Waals surface area contributed by atoms with Gasteiger partial charge in [0.15, 0.2) is 0 Å². The van der Waals surface area contributed by atoms with E-state index >= 15 is 0 Å². The summed E-state index contributed by atoms with van der Waals surface area (Å²) in [4.78, 5) is 226. The summed E-state index contributed by atoms with van der Waals surface area (Å²) in [6.45, 7) is 10.5. The Morgan fingerprint density at radius 3 is 1.84 bits per heavy atom. The number of aliphatic hydroxyl groups is 1. The Labute approximate surface area is 676 Å². The van der Waals surface area contributed by atoms with E-state index in [-0.39, 0.29) is 114 Å². The Morgan fingerprint density at radius 2 is 1.19 bits per heavy atom. The molecule has 0 bridgehead atoms. The van der Waals surface area contributed by atoms with Crippen molar-refractivity contribution >= 4 is 129 Å². The number of H-pyrrole nitrogens is 2. The number of piperazine rings is 1. The number of benzene rings is 1. The molecule has 0 radical (unpaired) electrons. The van der Waals surface area contributed by atoms with Crippen LogP contribution >= 0.6 is 23.5 Å². The number of thioether (sulfide) groups is 2. The summed E-state index contributed by atoms with van der Waals surface area (Å²) in [7, 11) is 3.30. The van der Waals surface area contributed by atoms with E-state index in [1.807, 2.05) is 25.0 Å². The molecule has 0 saturated carbocycles. The van der Waals surface area contributed by atoms with Gasteiger partial charge < -0.3 is 115 Å². The number of nitrogens with two attached hydrogens (primary N) is 2. The Morgan fingerprint density at radius 1 is 0.591 bits per heavy atom. The van der Waals surface area contributed by atoms with Crippen molar-refractivity contribution in [2.24, 2.45) is 23.3 Å². The van der Waals surface area contributed by atoms with Gasteiger partial charge in [-0.3, -0.25) is 86.5 Å². The maximum absolute atomic E-state index is 14.4. The zero-order valence-corrected chi connectivity index (χ0v) is 68.3. The highest BCUT2D eigenvalue weighted by Crippen LogP contribution is 2.20. The molecule has 1 aromatic carbocycles. The van der Waals surface area contributed by atoms with Crippen LogP contribution in [0, 0.1) is 11.8 Å². The first-order chi connectivity index (χ1) is 54.7. The SMILES string of the molecule is CSCC[C@H](NC(=O)[C@H](CC(C)C)NC(=O)[C@H](Cc1cnc[nH]1)NC(=O)CNC(=O)[C@@H](NC(=O)[C@H](C)NC(=O)[C@H](Cc1c[nH]c2ccccc12)NC(=O)[C@H](CCC(N)=O)NC(=O)COCCOCCNC(=O)CN1CCN(CCNC(=O)CNC(=O)[C@H](CSCNC(C)=O)NC(=O)[C@H](CO)NC(=O)CN(C)C)CC1)C(C)C)C(N)=O. The fraction of sp³-hybridized carbons (Fsp3) is 0.625. The van der Waals surface area contributed by atoms with Crippen LogP contribution in [0.5, 0.6) is 0 Å². The van der Waals surface area contributed by atoms with Crippen molar-refractivity contribution in [3.8, 4) is 0 Å². The number of aromatic nitrogens is 3. The largest absolute Gasteiger partial charge is 0.394 e. The zero-order chi connectivity index (χ0) is 85.1. The number of hydrogen-bond donors (Lipinski definition) is 19. The highest BCUT2D eigenvalue weighted by Gasteiger charge is 2.35. The normalized spacial score (nSPS) is 14.7. The average Bonchev–Trinajstić information content (AvgIpc) is 1.70. The van der Waals surface area contributed by atoms with E-state index in [1.54, 1.807) is 63.3 Å². The Kier molecular flexibility index (Phi) is 44.4. The predicted octanol–water partition coefficient (Wildman–Crippen LogP) is -7.24. The number of carbonyl (C=O) groups is 16. The molecule has 115 heavy (non-hydrogen) atoms. The smallest absolute Gasteiger partial charge is 0.246 e. The van der Waals surface area contributed by atoms with Gasteiger partial charge in [0, 0.05) is 107 Å². The van der Waals surface area contributed by atoms with E-state index < -0.39 is 169 Å². The van der Waals surface area contributed by atoms with Crippen LogP contribution in [0.1, 0.15) is 78.5 Å². The van der Waals surface area contributed by atoms with E-state index in [0.717, 1.165) is 11.8 Å². The molecule has 16 amide bonds. The number of amides is 16. The number of likely N-dealkylation sites (N-methyl/N-ethyl adjacent to an activating group) is 1. The number of rotatable bonds is 55. The molecule has 1 aliphatic rings. The lowest BCUT2D eigenvalue weighted by Gasteiger charge is -2.34. The highest BCUT2D eigenvalue weighted by molar-refractivity contribution is 7.99. The van der Waals surface area contributed by atoms with Gasteiger partial charge in [0.25, 0.3) is 0 Å². The molecule has 9 atom stereocenters. The number of para-hydroxylation sites is 1. The third-order valence-electron chi connectivity index (χ3n) is 17.5. The third-order valence-corrected chi connectivity index (χ3v) is 19.1. The molecule has 0 unspecified atom stereocenters. The first kappa shape index (κ1) is 97.3. The summed E-state index contributed by atoms with van der Waals surface area (Å²) in [5.74, 6) is -11.1. The van der Waals surface area contributed by atoms with E-state index in [9.17, 15) is 81.8 Å². The number of primary amides is 2. The van der Waals surface area contributed by atoms with Crippen LogP contribution in [0.25, 0.3) is 10.9 Å². The van der Waals surface area contributed by atoms with Crippen LogP contribution in [0.3, 0.4) is 0 Å². The number of aromatic amines is 2. The fourth-order valence-electron chi connectivity index (χ4n) is 11.4. The van der Waals surface area contributed by atoms with Gasteiger partial charge in [-0.15, -0.1) is 11.8 Å². The van der Waals surface area contributed by atoms with Gasteiger partial charge in [0.1, 0.15) is 61.0 Å². The molecule has 41 nitrogen and oxygen atoms in total. The number of ether oxygens (including phenoxy) is 2. The number of nitrogens with one attached hydrogen (secondary N) is 16.